The molecule has 3 rings (SSSR count). The van der Waals surface area contributed by atoms with Crippen LogP contribution in [0.5, 0.6) is 0 Å². The van der Waals surface area contributed by atoms with Crippen molar-refractivity contribution in [3.8, 4) is 0 Å². The first-order valence-electron chi connectivity index (χ1n) is 8.32. The minimum atomic E-state index is -0.467. The number of piperidine rings is 1. The van der Waals surface area contributed by atoms with Gasteiger partial charge in [0.05, 0.1) is 23.1 Å². The molecular formula is C17H25ClN4O3. The Morgan fingerprint density at radius 3 is 2.76 bits per heavy atom. The van der Waals surface area contributed by atoms with Crippen LogP contribution in [0.25, 0.3) is 11.0 Å². The summed E-state index contributed by atoms with van der Waals surface area (Å²) in [5.74, 6) is 0.0127. The molecule has 0 spiro atoms. The fourth-order valence-electron chi connectivity index (χ4n) is 3.42. The number of para-hydroxylation sites is 2. The van der Waals surface area contributed by atoms with Gasteiger partial charge in [-0.05, 0) is 38.1 Å². The molecule has 1 aliphatic heterocycles. The van der Waals surface area contributed by atoms with Gasteiger partial charge in [0.15, 0.2) is 0 Å². The van der Waals surface area contributed by atoms with Gasteiger partial charge >= 0.3 is 5.69 Å². The van der Waals surface area contributed by atoms with E-state index in [1.807, 2.05) is 24.3 Å². The first kappa shape index (κ1) is 19.5. The van der Waals surface area contributed by atoms with Gasteiger partial charge < -0.3 is 20.4 Å². The molecule has 0 radical (unpaired) electrons. The predicted octanol–water partition coefficient (Wildman–Crippen LogP) is 0.884. The summed E-state index contributed by atoms with van der Waals surface area (Å²) in [7, 11) is 1.63. The Kier molecular flexibility index (Phi) is 6.64. The van der Waals surface area contributed by atoms with Crippen molar-refractivity contribution in [2.45, 2.75) is 19.4 Å². The van der Waals surface area contributed by atoms with E-state index in [0.717, 1.165) is 37.0 Å². The molecular weight excluding hydrogens is 344 g/mol. The van der Waals surface area contributed by atoms with Gasteiger partial charge in [0.25, 0.3) is 0 Å². The number of aromatic nitrogens is 2. The second-order valence-corrected chi connectivity index (χ2v) is 6.32. The van der Waals surface area contributed by atoms with E-state index in [1.54, 1.807) is 11.7 Å². The van der Waals surface area contributed by atoms with E-state index in [9.17, 15) is 9.59 Å². The third-order valence-electron chi connectivity index (χ3n) is 4.77. The highest BCUT2D eigenvalue weighted by Gasteiger charge is 2.39. The van der Waals surface area contributed by atoms with E-state index in [2.05, 4.69) is 15.6 Å². The van der Waals surface area contributed by atoms with Gasteiger partial charge in [0.1, 0.15) is 0 Å². The Bertz CT molecular complexity index is 759. The lowest BCUT2D eigenvalue weighted by Crippen LogP contribution is -2.50. The second kappa shape index (κ2) is 8.51. The van der Waals surface area contributed by atoms with Gasteiger partial charge in [-0.1, -0.05) is 12.1 Å². The number of rotatable bonds is 6. The van der Waals surface area contributed by atoms with Gasteiger partial charge in [-0.2, -0.15) is 0 Å². The number of carbonyl (C=O) groups is 1. The molecule has 25 heavy (non-hydrogen) atoms. The molecule has 0 saturated carbocycles. The van der Waals surface area contributed by atoms with Crippen LogP contribution in [0.3, 0.4) is 0 Å². The summed E-state index contributed by atoms with van der Waals surface area (Å²) in [4.78, 5) is 27.5. The van der Waals surface area contributed by atoms with Crippen LogP contribution in [0.2, 0.25) is 0 Å². The molecule has 7 nitrogen and oxygen atoms in total. The molecule has 0 aliphatic carbocycles. The number of halogens is 1. The molecule has 1 aromatic carbocycles. The Labute approximate surface area is 152 Å². The molecule has 8 heteroatoms. The number of imidazole rings is 1. The molecule has 1 aliphatic rings. The molecule has 2 heterocycles. The maximum Gasteiger partial charge on any atom is 0.326 e. The quantitative estimate of drug-likeness (QED) is 0.706. The normalized spacial score (nSPS) is 16.4. The standard InChI is InChI=1S/C17H24N4O3.ClH/c1-24-12-17(6-8-18-9-7-17)15(22)19-10-11-21-14-5-3-2-4-13(14)20-16(21)23;/h2-5,18H,6-12H2,1H3,(H,19,22)(H,20,23);1H. The molecule has 1 amide bonds. The number of nitrogens with zero attached hydrogens (tertiary/aromatic N) is 1. The zero-order valence-corrected chi connectivity index (χ0v) is 15.2. The number of nitrogens with one attached hydrogen (secondary N) is 3. The first-order valence-corrected chi connectivity index (χ1v) is 8.32. The van der Waals surface area contributed by atoms with Gasteiger partial charge in [0.2, 0.25) is 5.91 Å². The SMILES string of the molecule is COCC1(C(=O)NCCn2c(=O)[nH]c3ccccc32)CCNCC1.Cl. The van der Waals surface area contributed by atoms with Crippen LogP contribution in [-0.2, 0) is 16.1 Å². The number of amides is 1. The number of methoxy groups -OCH3 is 1. The van der Waals surface area contributed by atoms with Crippen LogP contribution in [0, 0.1) is 5.41 Å². The number of ether oxygens (including phenoxy) is 1. The molecule has 2 aromatic rings. The zero-order valence-electron chi connectivity index (χ0n) is 14.3. The largest absolute Gasteiger partial charge is 0.384 e. The monoisotopic (exact) mass is 368 g/mol. The lowest BCUT2D eigenvalue weighted by Gasteiger charge is -2.35. The number of H-pyrrole nitrogens is 1. The van der Waals surface area contributed by atoms with Gasteiger partial charge in [0, 0.05) is 20.2 Å². The number of carbonyl (C=O) groups excluding carboxylic acids is 1. The Hall–Kier alpha value is -1.83. The average molecular weight is 369 g/mol. The average Bonchev–Trinajstić information content (AvgIpc) is 2.91. The number of aromatic amines is 1. The van der Waals surface area contributed by atoms with Crippen LogP contribution >= 0.6 is 12.4 Å². The van der Waals surface area contributed by atoms with E-state index in [1.165, 1.54) is 0 Å². The summed E-state index contributed by atoms with van der Waals surface area (Å²) < 4.78 is 6.94. The summed E-state index contributed by atoms with van der Waals surface area (Å²) in [6.07, 6.45) is 1.53. The van der Waals surface area contributed by atoms with Crippen molar-refractivity contribution >= 4 is 29.3 Å². The van der Waals surface area contributed by atoms with Crippen molar-refractivity contribution in [2.75, 3.05) is 33.4 Å². The van der Waals surface area contributed by atoms with Crippen molar-refractivity contribution in [3.05, 3.63) is 34.7 Å². The zero-order chi connectivity index (χ0) is 17.0. The third kappa shape index (κ3) is 4.05. The van der Waals surface area contributed by atoms with E-state index >= 15 is 0 Å². The van der Waals surface area contributed by atoms with Crippen molar-refractivity contribution < 1.29 is 9.53 Å². The van der Waals surface area contributed by atoms with Gasteiger partial charge in [-0.15, -0.1) is 12.4 Å². The van der Waals surface area contributed by atoms with Crippen LogP contribution in [0.4, 0.5) is 0 Å². The lowest BCUT2D eigenvalue weighted by molar-refractivity contribution is -0.136. The van der Waals surface area contributed by atoms with E-state index in [-0.39, 0.29) is 24.0 Å². The maximum absolute atomic E-state index is 12.7. The van der Waals surface area contributed by atoms with E-state index in [0.29, 0.717) is 19.7 Å². The summed E-state index contributed by atoms with van der Waals surface area (Å²) in [6.45, 7) is 2.92. The van der Waals surface area contributed by atoms with Crippen molar-refractivity contribution in [2.24, 2.45) is 5.41 Å². The molecule has 0 atom stereocenters. The molecule has 1 fully saturated rings. The van der Waals surface area contributed by atoms with E-state index in [4.69, 9.17) is 4.74 Å². The summed E-state index contributed by atoms with van der Waals surface area (Å²) in [5.41, 5.74) is 1.04. The second-order valence-electron chi connectivity index (χ2n) is 6.32. The van der Waals surface area contributed by atoms with Crippen molar-refractivity contribution in [1.82, 2.24) is 20.2 Å². The van der Waals surface area contributed by atoms with Crippen molar-refractivity contribution in [3.63, 3.8) is 0 Å². The van der Waals surface area contributed by atoms with Crippen molar-refractivity contribution in [1.29, 1.82) is 0 Å². The Balaban J connectivity index is 0.00000225. The topological polar surface area (TPSA) is 88.2 Å². The highest BCUT2D eigenvalue weighted by Crippen LogP contribution is 2.29. The Morgan fingerprint density at radius 1 is 1.32 bits per heavy atom. The molecule has 0 unspecified atom stereocenters. The number of hydrogen-bond donors (Lipinski definition) is 3. The molecule has 1 aromatic heterocycles. The summed E-state index contributed by atoms with van der Waals surface area (Å²) in [5, 5.41) is 6.26. The van der Waals surface area contributed by atoms with Crippen LogP contribution in [0.15, 0.2) is 29.1 Å². The van der Waals surface area contributed by atoms with Gasteiger partial charge in [-0.25, -0.2) is 4.79 Å². The van der Waals surface area contributed by atoms with Crippen LogP contribution in [0.1, 0.15) is 12.8 Å². The molecule has 3 N–H and O–H groups in total. The lowest BCUT2D eigenvalue weighted by atomic mass is 9.78. The number of benzene rings is 1. The predicted molar refractivity (Wildman–Crippen MR) is 99.2 cm³/mol. The molecule has 0 bridgehead atoms. The Morgan fingerprint density at radius 2 is 2.04 bits per heavy atom. The number of fused-ring (bicyclic) bond motifs is 1. The van der Waals surface area contributed by atoms with Crippen LogP contribution < -0.4 is 16.3 Å². The summed E-state index contributed by atoms with van der Waals surface area (Å²) in [6, 6.07) is 7.55. The highest BCUT2D eigenvalue weighted by atomic mass is 35.5. The van der Waals surface area contributed by atoms with E-state index < -0.39 is 5.41 Å². The smallest absolute Gasteiger partial charge is 0.326 e. The highest BCUT2D eigenvalue weighted by molar-refractivity contribution is 5.85. The minimum absolute atomic E-state index is 0. The first-order chi connectivity index (χ1) is 11.7. The fourth-order valence-corrected chi connectivity index (χ4v) is 3.42. The van der Waals surface area contributed by atoms with Gasteiger partial charge in [-0.3, -0.25) is 9.36 Å². The number of hydrogen-bond acceptors (Lipinski definition) is 4. The third-order valence-corrected chi connectivity index (χ3v) is 4.77. The van der Waals surface area contributed by atoms with Crippen LogP contribution in [-0.4, -0.2) is 48.8 Å². The summed E-state index contributed by atoms with van der Waals surface area (Å²) >= 11 is 0. The molecule has 138 valence electrons. The minimum Gasteiger partial charge on any atom is -0.384 e. The molecule has 1 saturated heterocycles. The fraction of sp³-hybridized carbons (Fsp3) is 0.529. The maximum atomic E-state index is 12.7.